The summed E-state index contributed by atoms with van der Waals surface area (Å²) >= 11 is 0. The summed E-state index contributed by atoms with van der Waals surface area (Å²) in [4.78, 5) is 13.9. The molecule has 1 unspecified atom stereocenters. The Labute approximate surface area is 104 Å². The van der Waals surface area contributed by atoms with Gasteiger partial charge in [-0.25, -0.2) is 0 Å². The van der Waals surface area contributed by atoms with Crippen LogP contribution in [0.25, 0.3) is 0 Å². The minimum atomic E-state index is -0.564. The Kier molecular flexibility index (Phi) is 4.08. The van der Waals surface area contributed by atoms with Gasteiger partial charge >= 0.3 is 5.97 Å². The zero-order chi connectivity index (χ0) is 12.3. The van der Waals surface area contributed by atoms with Crippen molar-refractivity contribution in [2.45, 2.75) is 51.9 Å². The first kappa shape index (κ1) is 12.9. The second kappa shape index (κ2) is 5.38. The second-order valence-corrected chi connectivity index (χ2v) is 5.90. The van der Waals surface area contributed by atoms with Gasteiger partial charge in [-0.1, -0.05) is 32.6 Å². The Morgan fingerprint density at radius 3 is 2.65 bits per heavy atom. The molecule has 1 heterocycles. The number of hydrogen-bond acceptors (Lipinski definition) is 2. The van der Waals surface area contributed by atoms with Crippen molar-refractivity contribution in [1.82, 2.24) is 4.90 Å². The van der Waals surface area contributed by atoms with E-state index in [0.717, 1.165) is 32.5 Å². The van der Waals surface area contributed by atoms with Gasteiger partial charge in [0.1, 0.15) is 0 Å². The summed E-state index contributed by atoms with van der Waals surface area (Å²) in [6.07, 6.45) is 8.41. The highest BCUT2D eigenvalue weighted by Crippen LogP contribution is 2.47. The van der Waals surface area contributed by atoms with Crippen LogP contribution >= 0.6 is 0 Å². The summed E-state index contributed by atoms with van der Waals surface area (Å²) in [7, 11) is 0. The highest BCUT2D eigenvalue weighted by Gasteiger charge is 2.49. The van der Waals surface area contributed by atoms with Gasteiger partial charge in [-0.3, -0.25) is 4.79 Å². The Balaban J connectivity index is 2.04. The number of rotatable bonds is 4. The number of carboxylic acid groups (broad SMARTS) is 1. The Hall–Kier alpha value is -0.570. The van der Waals surface area contributed by atoms with E-state index in [1.165, 1.54) is 32.1 Å². The monoisotopic (exact) mass is 239 g/mol. The molecule has 0 radical (unpaired) electrons. The highest BCUT2D eigenvalue weighted by molar-refractivity contribution is 5.72. The Morgan fingerprint density at radius 2 is 2.06 bits per heavy atom. The average molecular weight is 239 g/mol. The number of hydrogen-bond donors (Lipinski definition) is 1. The lowest BCUT2D eigenvalue weighted by atomic mass is 9.68. The molecule has 1 spiro atoms. The molecule has 0 aromatic carbocycles. The summed E-state index contributed by atoms with van der Waals surface area (Å²) in [6, 6.07) is 0. The van der Waals surface area contributed by atoms with E-state index in [-0.39, 0.29) is 11.3 Å². The fourth-order valence-corrected chi connectivity index (χ4v) is 3.73. The first-order valence-corrected chi connectivity index (χ1v) is 7.13. The van der Waals surface area contributed by atoms with Crippen molar-refractivity contribution in [2.24, 2.45) is 11.3 Å². The number of nitrogens with zero attached hydrogens (tertiary/aromatic N) is 1. The number of carboxylic acids is 1. The number of aliphatic carboxylic acids is 1. The zero-order valence-electron chi connectivity index (χ0n) is 11.0. The fourth-order valence-electron chi connectivity index (χ4n) is 3.73. The summed E-state index contributed by atoms with van der Waals surface area (Å²) in [6.45, 7) is 5.10. The average Bonchev–Trinajstić information content (AvgIpc) is 2.66. The predicted octanol–water partition coefficient (Wildman–Crippen LogP) is 2.75. The van der Waals surface area contributed by atoms with Crippen molar-refractivity contribution in [2.75, 3.05) is 19.6 Å². The molecule has 1 aliphatic heterocycles. The molecule has 0 aromatic rings. The van der Waals surface area contributed by atoms with Gasteiger partial charge in [-0.2, -0.15) is 0 Å². The van der Waals surface area contributed by atoms with E-state index < -0.39 is 5.97 Å². The smallest absolute Gasteiger partial charge is 0.308 e. The molecule has 98 valence electrons. The van der Waals surface area contributed by atoms with Crippen molar-refractivity contribution in [3.63, 3.8) is 0 Å². The Bertz CT molecular complexity index is 271. The normalized spacial score (nSPS) is 28.6. The maximum Gasteiger partial charge on any atom is 0.308 e. The van der Waals surface area contributed by atoms with E-state index in [0.29, 0.717) is 0 Å². The van der Waals surface area contributed by atoms with Crippen LogP contribution in [0.5, 0.6) is 0 Å². The van der Waals surface area contributed by atoms with E-state index in [9.17, 15) is 9.90 Å². The third kappa shape index (κ3) is 2.65. The van der Waals surface area contributed by atoms with Gasteiger partial charge in [0, 0.05) is 13.1 Å². The molecular formula is C14H25NO2. The fraction of sp³-hybridized carbons (Fsp3) is 0.929. The molecule has 1 atom stereocenters. The van der Waals surface area contributed by atoms with E-state index in [1.807, 2.05) is 0 Å². The number of likely N-dealkylation sites (tertiary alicyclic amines) is 1. The molecule has 3 heteroatoms. The number of unbranched alkanes of at least 4 members (excludes halogenated alkanes) is 1. The quantitative estimate of drug-likeness (QED) is 0.820. The first-order valence-electron chi connectivity index (χ1n) is 7.13. The maximum atomic E-state index is 11.5. The summed E-state index contributed by atoms with van der Waals surface area (Å²) in [5, 5.41) is 9.45. The molecule has 3 nitrogen and oxygen atoms in total. The largest absolute Gasteiger partial charge is 0.481 e. The van der Waals surface area contributed by atoms with Crippen molar-refractivity contribution in [3.05, 3.63) is 0 Å². The SMILES string of the molecule is CCCCN1CC(C(=O)O)C2(CCCCC2)C1. The molecule has 1 saturated carbocycles. The molecule has 17 heavy (non-hydrogen) atoms. The van der Waals surface area contributed by atoms with Crippen LogP contribution in [0.15, 0.2) is 0 Å². The van der Waals surface area contributed by atoms with Gasteiger partial charge in [-0.05, 0) is 31.2 Å². The molecule has 2 aliphatic rings. The first-order chi connectivity index (χ1) is 8.18. The zero-order valence-corrected chi connectivity index (χ0v) is 11.0. The predicted molar refractivity (Wildman–Crippen MR) is 68.0 cm³/mol. The van der Waals surface area contributed by atoms with E-state index >= 15 is 0 Å². The summed E-state index contributed by atoms with van der Waals surface area (Å²) < 4.78 is 0. The third-order valence-corrected chi connectivity index (χ3v) is 4.69. The van der Waals surface area contributed by atoms with Crippen LogP contribution in [-0.2, 0) is 4.79 Å². The minimum absolute atomic E-state index is 0.109. The molecule has 2 rings (SSSR count). The lowest BCUT2D eigenvalue weighted by molar-refractivity contribution is -0.145. The van der Waals surface area contributed by atoms with Crippen molar-refractivity contribution >= 4 is 5.97 Å². The topological polar surface area (TPSA) is 40.5 Å². The summed E-state index contributed by atoms with van der Waals surface area (Å²) in [5.41, 5.74) is 0.109. The molecule has 1 aliphatic carbocycles. The molecule has 0 bridgehead atoms. The van der Waals surface area contributed by atoms with Crippen LogP contribution in [0.2, 0.25) is 0 Å². The molecule has 0 amide bonds. The van der Waals surface area contributed by atoms with Crippen molar-refractivity contribution in [3.8, 4) is 0 Å². The van der Waals surface area contributed by atoms with Crippen LogP contribution in [0.4, 0.5) is 0 Å². The minimum Gasteiger partial charge on any atom is -0.481 e. The standard InChI is InChI=1S/C14H25NO2/c1-2-3-9-15-10-12(13(16)17)14(11-15)7-5-4-6-8-14/h12H,2-11H2,1H3,(H,16,17). The van der Waals surface area contributed by atoms with Gasteiger partial charge in [0.05, 0.1) is 5.92 Å². The van der Waals surface area contributed by atoms with Gasteiger partial charge in [0.15, 0.2) is 0 Å². The third-order valence-electron chi connectivity index (χ3n) is 4.69. The lowest BCUT2D eigenvalue weighted by Gasteiger charge is -2.36. The van der Waals surface area contributed by atoms with Crippen molar-refractivity contribution in [1.29, 1.82) is 0 Å². The van der Waals surface area contributed by atoms with E-state index in [1.54, 1.807) is 0 Å². The molecule has 1 saturated heterocycles. The highest BCUT2D eigenvalue weighted by atomic mass is 16.4. The van der Waals surface area contributed by atoms with Gasteiger partial charge in [0.25, 0.3) is 0 Å². The maximum absolute atomic E-state index is 11.5. The Morgan fingerprint density at radius 1 is 1.35 bits per heavy atom. The van der Waals surface area contributed by atoms with Gasteiger partial charge < -0.3 is 10.0 Å². The van der Waals surface area contributed by atoms with Crippen LogP contribution < -0.4 is 0 Å². The van der Waals surface area contributed by atoms with E-state index in [4.69, 9.17) is 0 Å². The van der Waals surface area contributed by atoms with Crippen LogP contribution in [0, 0.1) is 11.3 Å². The van der Waals surface area contributed by atoms with Crippen LogP contribution in [0.1, 0.15) is 51.9 Å². The van der Waals surface area contributed by atoms with Crippen LogP contribution in [-0.4, -0.2) is 35.6 Å². The number of carbonyl (C=O) groups is 1. The summed E-state index contributed by atoms with van der Waals surface area (Å²) in [5.74, 6) is -0.675. The molecular weight excluding hydrogens is 214 g/mol. The second-order valence-electron chi connectivity index (χ2n) is 5.90. The van der Waals surface area contributed by atoms with Crippen LogP contribution in [0.3, 0.4) is 0 Å². The molecule has 2 fully saturated rings. The molecule has 0 aromatic heterocycles. The lowest BCUT2D eigenvalue weighted by Crippen LogP contribution is -2.36. The van der Waals surface area contributed by atoms with Gasteiger partial charge in [0.2, 0.25) is 0 Å². The molecule has 1 N–H and O–H groups in total. The van der Waals surface area contributed by atoms with Gasteiger partial charge in [-0.15, -0.1) is 0 Å². The van der Waals surface area contributed by atoms with Crippen molar-refractivity contribution < 1.29 is 9.90 Å². The van der Waals surface area contributed by atoms with E-state index in [2.05, 4.69) is 11.8 Å².